The van der Waals surface area contributed by atoms with Gasteiger partial charge in [-0.25, -0.2) is 0 Å². The molecule has 86 valence electrons. The summed E-state index contributed by atoms with van der Waals surface area (Å²) >= 11 is 5.91. The summed E-state index contributed by atoms with van der Waals surface area (Å²) in [4.78, 5) is 0. The van der Waals surface area contributed by atoms with Gasteiger partial charge >= 0.3 is 0 Å². The number of aromatic nitrogens is 2. The second-order valence-corrected chi connectivity index (χ2v) is 4.49. The smallest absolute Gasteiger partial charge is 0.0585 e. The van der Waals surface area contributed by atoms with Gasteiger partial charge < -0.3 is 14.5 Å². The maximum atomic E-state index is 5.91. The Hall–Kier alpha value is -1.19. The molecule has 2 aromatic heterocycles. The molecule has 4 heteroatoms. The van der Waals surface area contributed by atoms with E-state index in [0.717, 1.165) is 18.1 Å². The Kier molecular flexibility index (Phi) is 3.36. The minimum atomic E-state index is 0.791. The van der Waals surface area contributed by atoms with Gasteiger partial charge in [0, 0.05) is 51.5 Å². The second kappa shape index (κ2) is 4.76. The monoisotopic (exact) mass is 237 g/mol. The Bertz CT molecular complexity index is 470. The number of nitrogens with zero attached hydrogens (tertiary/aromatic N) is 2. The highest BCUT2D eigenvalue weighted by Gasteiger charge is 2.01. The van der Waals surface area contributed by atoms with E-state index in [1.807, 2.05) is 30.9 Å². The molecule has 0 spiro atoms. The molecule has 0 aromatic carbocycles. The fourth-order valence-electron chi connectivity index (χ4n) is 1.74. The van der Waals surface area contributed by atoms with Gasteiger partial charge in [0.05, 0.1) is 5.02 Å². The Morgan fingerprint density at radius 3 is 2.62 bits per heavy atom. The molecule has 2 heterocycles. The number of hydrogen-bond donors (Lipinski definition) is 1. The number of aryl methyl sites for hydroxylation is 2. The van der Waals surface area contributed by atoms with E-state index >= 15 is 0 Å². The van der Waals surface area contributed by atoms with Crippen LogP contribution in [0.1, 0.15) is 11.3 Å². The molecule has 0 aliphatic carbocycles. The first-order valence-electron chi connectivity index (χ1n) is 5.27. The van der Waals surface area contributed by atoms with Gasteiger partial charge in [-0.15, -0.1) is 0 Å². The zero-order chi connectivity index (χ0) is 11.5. The quantitative estimate of drug-likeness (QED) is 0.866. The zero-order valence-electron chi connectivity index (χ0n) is 9.57. The first kappa shape index (κ1) is 11.3. The number of hydrogen-bond acceptors (Lipinski definition) is 1. The van der Waals surface area contributed by atoms with Crippen molar-refractivity contribution in [3.8, 4) is 0 Å². The van der Waals surface area contributed by atoms with Crippen LogP contribution >= 0.6 is 11.6 Å². The van der Waals surface area contributed by atoms with Crippen LogP contribution in [-0.2, 0) is 27.2 Å². The van der Waals surface area contributed by atoms with Crippen LogP contribution in [0.3, 0.4) is 0 Å². The Labute approximate surface area is 101 Å². The summed E-state index contributed by atoms with van der Waals surface area (Å²) in [6.07, 6.45) is 6.09. The van der Waals surface area contributed by atoms with Gasteiger partial charge in [0.25, 0.3) is 0 Å². The summed E-state index contributed by atoms with van der Waals surface area (Å²) < 4.78 is 4.09. The fourth-order valence-corrected chi connectivity index (χ4v) is 2.01. The molecule has 2 rings (SSSR count). The van der Waals surface area contributed by atoms with Crippen molar-refractivity contribution in [2.75, 3.05) is 0 Å². The molecular formula is C12H16ClN3. The summed E-state index contributed by atoms with van der Waals surface area (Å²) in [7, 11) is 4.03. The summed E-state index contributed by atoms with van der Waals surface area (Å²) in [5.74, 6) is 0. The van der Waals surface area contributed by atoms with Crippen LogP contribution in [-0.4, -0.2) is 9.13 Å². The molecule has 0 atom stereocenters. The number of rotatable bonds is 4. The molecule has 0 radical (unpaired) electrons. The average molecular weight is 238 g/mol. The lowest BCUT2D eigenvalue weighted by Crippen LogP contribution is -2.14. The Morgan fingerprint density at radius 1 is 1.25 bits per heavy atom. The first-order chi connectivity index (χ1) is 7.65. The minimum Gasteiger partial charge on any atom is -0.357 e. The fraction of sp³-hybridized carbons (Fsp3) is 0.333. The van der Waals surface area contributed by atoms with Gasteiger partial charge in [-0.1, -0.05) is 11.6 Å². The van der Waals surface area contributed by atoms with Crippen LogP contribution in [0.5, 0.6) is 0 Å². The lowest BCUT2D eigenvalue weighted by molar-refractivity contribution is 0.654. The van der Waals surface area contributed by atoms with E-state index in [9.17, 15) is 0 Å². The van der Waals surface area contributed by atoms with Crippen LogP contribution < -0.4 is 5.32 Å². The van der Waals surface area contributed by atoms with Gasteiger partial charge in [0.1, 0.15) is 0 Å². The van der Waals surface area contributed by atoms with Crippen molar-refractivity contribution in [1.29, 1.82) is 0 Å². The van der Waals surface area contributed by atoms with Crippen molar-refractivity contribution >= 4 is 11.6 Å². The lowest BCUT2D eigenvalue weighted by atomic mass is 10.3. The van der Waals surface area contributed by atoms with Crippen molar-refractivity contribution < 1.29 is 0 Å². The maximum Gasteiger partial charge on any atom is 0.0585 e. The average Bonchev–Trinajstić information content (AvgIpc) is 2.74. The normalized spacial score (nSPS) is 10.9. The van der Waals surface area contributed by atoms with E-state index in [1.165, 1.54) is 11.3 Å². The molecule has 0 fully saturated rings. The third-order valence-corrected chi connectivity index (χ3v) is 2.81. The molecule has 1 N–H and O–H groups in total. The van der Waals surface area contributed by atoms with E-state index in [-0.39, 0.29) is 0 Å². The van der Waals surface area contributed by atoms with Gasteiger partial charge in [-0.2, -0.15) is 0 Å². The van der Waals surface area contributed by atoms with Crippen LogP contribution in [0.4, 0.5) is 0 Å². The predicted octanol–water partition coefficient (Wildman–Crippen LogP) is 2.31. The van der Waals surface area contributed by atoms with E-state index in [0.29, 0.717) is 0 Å². The predicted molar refractivity (Wildman–Crippen MR) is 66.4 cm³/mol. The van der Waals surface area contributed by atoms with E-state index < -0.39 is 0 Å². The molecule has 0 saturated heterocycles. The van der Waals surface area contributed by atoms with E-state index in [2.05, 4.69) is 28.3 Å². The van der Waals surface area contributed by atoms with Crippen LogP contribution in [0.2, 0.25) is 5.02 Å². The highest BCUT2D eigenvalue weighted by Crippen LogP contribution is 2.12. The maximum absolute atomic E-state index is 5.91. The van der Waals surface area contributed by atoms with Gasteiger partial charge in [0.15, 0.2) is 0 Å². The second-order valence-electron chi connectivity index (χ2n) is 4.05. The third-order valence-electron chi connectivity index (χ3n) is 2.60. The Morgan fingerprint density at radius 2 is 2.06 bits per heavy atom. The molecule has 0 amide bonds. The Balaban J connectivity index is 1.86. The van der Waals surface area contributed by atoms with Gasteiger partial charge in [0.2, 0.25) is 0 Å². The molecule has 0 bridgehead atoms. The minimum absolute atomic E-state index is 0.791. The molecule has 0 unspecified atom stereocenters. The zero-order valence-corrected chi connectivity index (χ0v) is 10.3. The van der Waals surface area contributed by atoms with Crippen LogP contribution in [0.25, 0.3) is 0 Å². The van der Waals surface area contributed by atoms with Gasteiger partial charge in [-0.05, 0) is 17.7 Å². The number of halogens is 1. The summed E-state index contributed by atoms with van der Waals surface area (Å²) in [6, 6.07) is 4.10. The van der Waals surface area contributed by atoms with Crippen molar-refractivity contribution in [3.63, 3.8) is 0 Å². The molecule has 0 saturated carbocycles. The molecule has 0 aliphatic rings. The molecule has 3 nitrogen and oxygen atoms in total. The summed E-state index contributed by atoms with van der Waals surface area (Å²) in [5.41, 5.74) is 2.49. The van der Waals surface area contributed by atoms with Crippen LogP contribution in [0, 0.1) is 0 Å². The van der Waals surface area contributed by atoms with E-state index in [1.54, 1.807) is 0 Å². The third kappa shape index (κ3) is 2.68. The topological polar surface area (TPSA) is 21.9 Å². The van der Waals surface area contributed by atoms with E-state index in [4.69, 9.17) is 11.6 Å². The molecule has 0 aliphatic heterocycles. The summed E-state index contributed by atoms with van der Waals surface area (Å²) in [6.45, 7) is 1.71. The highest BCUT2D eigenvalue weighted by molar-refractivity contribution is 6.30. The number of nitrogens with one attached hydrogen (secondary N) is 1. The lowest BCUT2D eigenvalue weighted by Gasteiger charge is -2.04. The SMILES string of the molecule is Cn1ccc(CNCc2cc(Cl)cn2C)c1. The largest absolute Gasteiger partial charge is 0.357 e. The van der Waals surface area contributed by atoms with Crippen molar-refractivity contribution in [3.05, 3.63) is 47.0 Å². The summed E-state index contributed by atoms with van der Waals surface area (Å²) in [5, 5.41) is 4.18. The van der Waals surface area contributed by atoms with Crippen molar-refractivity contribution in [2.45, 2.75) is 13.1 Å². The standard InChI is InChI=1S/C12H16ClN3/c1-15-4-3-10(8-15)6-14-7-12-5-11(13)9-16(12)2/h3-5,8-9,14H,6-7H2,1-2H3. The highest BCUT2D eigenvalue weighted by atomic mass is 35.5. The molecule has 2 aromatic rings. The first-order valence-corrected chi connectivity index (χ1v) is 5.65. The molecular weight excluding hydrogens is 222 g/mol. The van der Waals surface area contributed by atoms with Crippen LogP contribution in [0.15, 0.2) is 30.7 Å². The molecule has 16 heavy (non-hydrogen) atoms. The van der Waals surface area contributed by atoms with Crippen molar-refractivity contribution in [2.24, 2.45) is 14.1 Å². The van der Waals surface area contributed by atoms with Crippen molar-refractivity contribution in [1.82, 2.24) is 14.5 Å². The van der Waals surface area contributed by atoms with Gasteiger partial charge in [-0.3, -0.25) is 0 Å².